The van der Waals surface area contributed by atoms with Crippen LogP contribution in [0.15, 0.2) is 6.20 Å². The third kappa shape index (κ3) is 1.91. The molecule has 14 heavy (non-hydrogen) atoms. The topological polar surface area (TPSA) is 43.8 Å². The van der Waals surface area contributed by atoms with Crippen molar-refractivity contribution in [2.45, 2.75) is 45.6 Å². The Hall–Kier alpha value is -0.990. The number of nitrogen functional groups attached to an aromatic ring is 1. The molecule has 0 radical (unpaired) electrons. The zero-order valence-electron chi connectivity index (χ0n) is 8.87. The van der Waals surface area contributed by atoms with Crippen molar-refractivity contribution < 1.29 is 0 Å². The predicted octanol–water partition coefficient (Wildman–Crippen LogP) is 2.35. The monoisotopic (exact) mass is 193 g/mol. The molecule has 78 valence electrons. The van der Waals surface area contributed by atoms with E-state index in [1.165, 1.54) is 32.1 Å². The number of aryl methyl sites for hydroxylation is 1. The maximum atomic E-state index is 5.74. The molecule has 3 heteroatoms. The van der Waals surface area contributed by atoms with Gasteiger partial charge in [0, 0.05) is 6.54 Å². The molecule has 0 amide bonds. The molecule has 0 bridgehead atoms. The molecular weight excluding hydrogens is 174 g/mol. The number of hydrogen-bond acceptors (Lipinski definition) is 2. The van der Waals surface area contributed by atoms with Crippen LogP contribution < -0.4 is 5.73 Å². The summed E-state index contributed by atoms with van der Waals surface area (Å²) in [4.78, 5) is 0. The van der Waals surface area contributed by atoms with E-state index in [9.17, 15) is 0 Å². The normalized spacial score (nSPS) is 17.8. The molecule has 0 aliphatic heterocycles. The second-order valence-corrected chi connectivity index (χ2v) is 4.35. The lowest BCUT2D eigenvalue weighted by Gasteiger charge is -2.09. The fraction of sp³-hybridized carbons (Fsp3) is 0.727. The molecule has 1 saturated carbocycles. The standard InChI is InChI=1S/C11H19N3/c1-9-11(12)8-13-14(9)7-6-10-4-2-3-5-10/h8,10H,2-7,12H2,1H3. The number of aromatic nitrogens is 2. The van der Waals surface area contributed by atoms with Gasteiger partial charge in [0.15, 0.2) is 0 Å². The molecule has 2 N–H and O–H groups in total. The van der Waals surface area contributed by atoms with E-state index < -0.39 is 0 Å². The average molecular weight is 193 g/mol. The van der Waals surface area contributed by atoms with Crippen molar-refractivity contribution in [3.8, 4) is 0 Å². The highest BCUT2D eigenvalue weighted by molar-refractivity contribution is 5.39. The van der Waals surface area contributed by atoms with E-state index in [0.29, 0.717) is 0 Å². The Morgan fingerprint density at radius 1 is 1.50 bits per heavy atom. The summed E-state index contributed by atoms with van der Waals surface area (Å²) in [6.07, 6.45) is 8.69. The minimum Gasteiger partial charge on any atom is -0.396 e. The molecule has 3 nitrogen and oxygen atoms in total. The molecule has 1 aliphatic carbocycles. The molecule has 0 atom stereocenters. The van der Waals surface area contributed by atoms with Crippen LogP contribution in [0.1, 0.15) is 37.8 Å². The van der Waals surface area contributed by atoms with Gasteiger partial charge < -0.3 is 5.73 Å². The quantitative estimate of drug-likeness (QED) is 0.800. The Kier molecular flexibility index (Phi) is 2.75. The molecule has 0 saturated heterocycles. The molecular formula is C11H19N3. The summed E-state index contributed by atoms with van der Waals surface area (Å²) in [6, 6.07) is 0. The van der Waals surface area contributed by atoms with Gasteiger partial charge in [-0.25, -0.2) is 0 Å². The van der Waals surface area contributed by atoms with Crippen molar-refractivity contribution >= 4 is 5.69 Å². The van der Waals surface area contributed by atoms with Crippen LogP contribution in [0.25, 0.3) is 0 Å². The van der Waals surface area contributed by atoms with Crippen LogP contribution >= 0.6 is 0 Å². The van der Waals surface area contributed by atoms with E-state index in [2.05, 4.69) is 5.10 Å². The van der Waals surface area contributed by atoms with Crippen LogP contribution in [0.3, 0.4) is 0 Å². The fourth-order valence-electron chi connectivity index (χ4n) is 2.29. The van der Waals surface area contributed by atoms with Crippen molar-refractivity contribution in [1.82, 2.24) is 9.78 Å². The molecule has 2 rings (SSSR count). The van der Waals surface area contributed by atoms with Gasteiger partial charge in [0.05, 0.1) is 17.6 Å². The Balaban J connectivity index is 1.88. The summed E-state index contributed by atoms with van der Waals surface area (Å²) < 4.78 is 2.04. The molecule has 0 aromatic carbocycles. The van der Waals surface area contributed by atoms with E-state index >= 15 is 0 Å². The van der Waals surface area contributed by atoms with Gasteiger partial charge in [-0.15, -0.1) is 0 Å². The van der Waals surface area contributed by atoms with Crippen molar-refractivity contribution in [2.75, 3.05) is 5.73 Å². The smallest absolute Gasteiger partial charge is 0.0730 e. The van der Waals surface area contributed by atoms with Gasteiger partial charge in [0.2, 0.25) is 0 Å². The second-order valence-electron chi connectivity index (χ2n) is 4.35. The first-order valence-electron chi connectivity index (χ1n) is 5.55. The molecule has 1 aromatic heterocycles. The number of nitrogens with two attached hydrogens (primary N) is 1. The molecule has 1 aliphatic rings. The minimum absolute atomic E-state index is 0.816. The first kappa shape index (κ1) is 9.56. The van der Waals surface area contributed by atoms with Crippen LogP contribution in [0.4, 0.5) is 5.69 Å². The maximum absolute atomic E-state index is 5.74. The summed E-state index contributed by atoms with van der Waals surface area (Å²) >= 11 is 0. The van der Waals surface area contributed by atoms with E-state index in [1.807, 2.05) is 11.6 Å². The lowest BCUT2D eigenvalue weighted by Crippen LogP contribution is -2.06. The van der Waals surface area contributed by atoms with Crippen molar-refractivity contribution in [3.63, 3.8) is 0 Å². The van der Waals surface area contributed by atoms with Crippen LogP contribution in [0.2, 0.25) is 0 Å². The highest BCUT2D eigenvalue weighted by Gasteiger charge is 2.15. The maximum Gasteiger partial charge on any atom is 0.0730 e. The van der Waals surface area contributed by atoms with Crippen molar-refractivity contribution in [1.29, 1.82) is 0 Å². The van der Waals surface area contributed by atoms with Crippen LogP contribution in [-0.4, -0.2) is 9.78 Å². The van der Waals surface area contributed by atoms with Gasteiger partial charge >= 0.3 is 0 Å². The summed E-state index contributed by atoms with van der Waals surface area (Å²) in [5, 5.41) is 4.27. The molecule has 1 aromatic rings. The summed E-state index contributed by atoms with van der Waals surface area (Å²) in [5.74, 6) is 0.930. The molecule has 1 heterocycles. The first-order chi connectivity index (χ1) is 6.77. The lowest BCUT2D eigenvalue weighted by molar-refractivity contribution is 0.435. The first-order valence-corrected chi connectivity index (χ1v) is 5.55. The van der Waals surface area contributed by atoms with E-state index in [4.69, 9.17) is 5.73 Å². The van der Waals surface area contributed by atoms with E-state index in [-0.39, 0.29) is 0 Å². The van der Waals surface area contributed by atoms with Crippen LogP contribution in [-0.2, 0) is 6.54 Å². The van der Waals surface area contributed by atoms with Crippen molar-refractivity contribution in [2.24, 2.45) is 5.92 Å². The lowest BCUT2D eigenvalue weighted by atomic mass is 10.0. The Bertz CT molecular complexity index is 297. The van der Waals surface area contributed by atoms with Gasteiger partial charge in [-0.05, 0) is 19.3 Å². The Labute approximate surface area is 85.3 Å². The van der Waals surface area contributed by atoms with E-state index in [1.54, 1.807) is 6.20 Å². The highest BCUT2D eigenvalue weighted by Crippen LogP contribution is 2.28. The summed E-state index contributed by atoms with van der Waals surface area (Å²) in [7, 11) is 0. The summed E-state index contributed by atoms with van der Waals surface area (Å²) in [6.45, 7) is 3.07. The van der Waals surface area contributed by atoms with Gasteiger partial charge in [0.1, 0.15) is 0 Å². The Morgan fingerprint density at radius 2 is 2.21 bits per heavy atom. The third-order valence-electron chi connectivity index (χ3n) is 3.37. The van der Waals surface area contributed by atoms with Crippen molar-refractivity contribution in [3.05, 3.63) is 11.9 Å². The van der Waals surface area contributed by atoms with E-state index in [0.717, 1.165) is 23.8 Å². The zero-order chi connectivity index (χ0) is 9.97. The number of anilines is 1. The zero-order valence-corrected chi connectivity index (χ0v) is 8.87. The Morgan fingerprint density at radius 3 is 2.79 bits per heavy atom. The third-order valence-corrected chi connectivity index (χ3v) is 3.37. The molecule has 1 fully saturated rings. The largest absolute Gasteiger partial charge is 0.396 e. The number of hydrogen-bond donors (Lipinski definition) is 1. The van der Waals surface area contributed by atoms with Gasteiger partial charge in [-0.2, -0.15) is 5.10 Å². The van der Waals surface area contributed by atoms with Crippen LogP contribution in [0.5, 0.6) is 0 Å². The van der Waals surface area contributed by atoms with Crippen LogP contribution in [0, 0.1) is 12.8 Å². The van der Waals surface area contributed by atoms with Gasteiger partial charge in [0.25, 0.3) is 0 Å². The second kappa shape index (κ2) is 4.03. The number of rotatable bonds is 3. The molecule has 0 unspecified atom stereocenters. The summed E-state index contributed by atoms with van der Waals surface area (Å²) in [5.41, 5.74) is 7.67. The minimum atomic E-state index is 0.816. The number of nitrogens with zero attached hydrogens (tertiary/aromatic N) is 2. The predicted molar refractivity (Wildman–Crippen MR) is 58.0 cm³/mol. The average Bonchev–Trinajstić information content (AvgIpc) is 2.77. The highest BCUT2D eigenvalue weighted by atomic mass is 15.3. The molecule has 0 spiro atoms. The van der Waals surface area contributed by atoms with Gasteiger partial charge in [-0.1, -0.05) is 25.7 Å². The fourth-order valence-corrected chi connectivity index (χ4v) is 2.29. The SMILES string of the molecule is Cc1c(N)cnn1CCC1CCCC1. The van der Waals surface area contributed by atoms with Gasteiger partial charge in [-0.3, -0.25) is 4.68 Å².